The maximum absolute atomic E-state index is 11.8. The van der Waals surface area contributed by atoms with E-state index in [1.807, 2.05) is 0 Å². The predicted molar refractivity (Wildman–Crippen MR) is 140 cm³/mol. The Balaban J connectivity index is 1.39. The van der Waals surface area contributed by atoms with Crippen molar-refractivity contribution in [2.24, 2.45) is 50.7 Å². The summed E-state index contributed by atoms with van der Waals surface area (Å²) in [5, 5.41) is 0. The molecule has 192 valence electrons. The monoisotopic (exact) mass is 468 g/mol. The largest absolute Gasteiger partial charge is 0.462 e. The summed E-state index contributed by atoms with van der Waals surface area (Å²) in [4.78, 5) is 11.8. The number of carbonyl (C=O) groups is 1. The molecule has 0 bridgehead atoms. The molecule has 0 aromatic carbocycles. The van der Waals surface area contributed by atoms with E-state index in [0.717, 1.165) is 30.1 Å². The number of fused-ring (bicyclic) bond motifs is 2. The number of carbonyl (C=O) groups excluding carboxylic acids is 1. The van der Waals surface area contributed by atoms with Crippen molar-refractivity contribution in [2.45, 2.75) is 132 Å². The summed E-state index contributed by atoms with van der Waals surface area (Å²) < 4.78 is 5.90. The summed E-state index contributed by atoms with van der Waals surface area (Å²) in [7, 11) is 0. The number of hydrogen-bond donors (Lipinski definition) is 0. The molecular weight excluding hydrogens is 416 g/mol. The molecule has 2 nitrogen and oxygen atoms in total. The minimum absolute atomic E-state index is 0.0927. The fourth-order valence-corrected chi connectivity index (χ4v) is 11.5. The van der Waals surface area contributed by atoms with Crippen LogP contribution in [0.5, 0.6) is 0 Å². The fourth-order valence-electron chi connectivity index (χ4n) is 11.5. The second-order valence-corrected chi connectivity index (χ2v) is 14.9. The van der Waals surface area contributed by atoms with Crippen LogP contribution in [-0.2, 0) is 9.53 Å². The molecule has 5 aliphatic rings. The van der Waals surface area contributed by atoms with Crippen molar-refractivity contribution in [2.75, 3.05) is 0 Å². The van der Waals surface area contributed by atoms with Crippen molar-refractivity contribution < 1.29 is 9.53 Å². The van der Waals surface area contributed by atoms with E-state index in [4.69, 9.17) is 4.74 Å². The summed E-state index contributed by atoms with van der Waals surface area (Å²) in [6.45, 7) is 18.9. The molecule has 0 heterocycles. The molecule has 0 N–H and O–H groups in total. The van der Waals surface area contributed by atoms with Crippen LogP contribution in [0.1, 0.15) is 126 Å². The Kier molecular flexibility index (Phi) is 5.75. The smallest absolute Gasteiger partial charge is 0.302 e. The summed E-state index contributed by atoms with van der Waals surface area (Å²) in [5.41, 5.74) is 3.71. The van der Waals surface area contributed by atoms with Crippen LogP contribution in [0.2, 0.25) is 0 Å². The second kappa shape index (κ2) is 7.85. The van der Waals surface area contributed by atoms with Gasteiger partial charge in [-0.05, 0) is 130 Å². The van der Waals surface area contributed by atoms with Crippen LogP contribution >= 0.6 is 0 Å². The molecule has 0 amide bonds. The molecule has 0 aromatic rings. The Morgan fingerprint density at radius 3 is 2.24 bits per heavy atom. The maximum atomic E-state index is 11.8. The molecule has 2 spiro atoms. The Morgan fingerprint density at radius 1 is 0.882 bits per heavy atom. The Labute approximate surface area is 210 Å². The third-order valence-electron chi connectivity index (χ3n) is 13.3. The normalized spacial score (nSPS) is 49.1. The summed E-state index contributed by atoms with van der Waals surface area (Å²) >= 11 is 0. The Bertz CT molecular complexity index is 866. The van der Waals surface area contributed by atoms with Crippen LogP contribution in [0.25, 0.3) is 0 Å². The first-order valence-electron chi connectivity index (χ1n) is 14.6. The van der Waals surface area contributed by atoms with Crippen LogP contribution in [0.3, 0.4) is 0 Å². The van der Waals surface area contributed by atoms with Gasteiger partial charge in [0.2, 0.25) is 0 Å². The second-order valence-electron chi connectivity index (χ2n) is 14.9. The van der Waals surface area contributed by atoms with Gasteiger partial charge in [0.25, 0.3) is 0 Å². The average Bonchev–Trinajstić information content (AvgIpc) is 3.32. The highest BCUT2D eigenvalue weighted by Gasteiger charge is 2.82. The number of rotatable bonds is 5. The van der Waals surface area contributed by atoms with Gasteiger partial charge in [0.15, 0.2) is 0 Å². The first-order chi connectivity index (χ1) is 15.8. The number of hydrogen-bond acceptors (Lipinski definition) is 2. The standard InChI is InChI=1S/C32H52O2/c1-21(2)10-9-11-22(3)24-14-16-30(8)26-13-12-25-28(5,6)27(34-23(4)33)15-17-31(25)20-32(26,31)19-18-29(24,30)7/h10,22,24-27H,9,11-20H2,1-8H3/t22-,24+,25+,26+,27-,29+,30+,31+,32-/m0/s1. The van der Waals surface area contributed by atoms with Crippen molar-refractivity contribution in [3.8, 4) is 0 Å². The van der Waals surface area contributed by atoms with Crippen LogP contribution < -0.4 is 0 Å². The molecule has 5 saturated carbocycles. The first kappa shape index (κ1) is 24.9. The summed E-state index contributed by atoms with van der Waals surface area (Å²) in [6, 6.07) is 0. The first-order valence-corrected chi connectivity index (χ1v) is 14.6. The van der Waals surface area contributed by atoms with Gasteiger partial charge >= 0.3 is 5.97 Å². The van der Waals surface area contributed by atoms with E-state index in [2.05, 4.69) is 54.5 Å². The lowest BCUT2D eigenvalue weighted by molar-refractivity contribution is -0.181. The van der Waals surface area contributed by atoms with Crippen LogP contribution in [0.4, 0.5) is 0 Å². The zero-order valence-corrected chi connectivity index (χ0v) is 23.6. The van der Waals surface area contributed by atoms with Gasteiger partial charge in [-0.1, -0.05) is 46.3 Å². The highest BCUT2D eigenvalue weighted by atomic mass is 16.5. The van der Waals surface area contributed by atoms with E-state index in [0.29, 0.717) is 21.7 Å². The summed E-state index contributed by atoms with van der Waals surface area (Å²) in [5.74, 6) is 3.27. The topological polar surface area (TPSA) is 26.3 Å². The van der Waals surface area contributed by atoms with Crippen LogP contribution in [-0.4, -0.2) is 12.1 Å². The van der Waals surface area contributed by atoms with E-state index < -0.39 is 0 Å². The van der Waals surface area contributed by atoms with Gasteiger partial charge in [0.1, 0.15) is 6.10 Å². The molecule has 34 heavy (non-hydrogen) atoms. The molecular formula is C32H52O2. The minimum atomic E-state index is -0.0927. The van der Waals surface area contributed by atoms with Gasteiger partial charge < -0.3 is 4.74 Å². The average molecular weight is 469 g/mol. The molecule has 9 atom stereocenters. The van der Waals surface area contributed by atoms with Crippen molar-refractivity contribution in [1.82, 2.24) is 0 Å². The molecule has 0 saturated heterocycles. The van der Waals surface area contributed by atoms with Crippen LogP contribution in [0.15, 0.2) is 11.6 Å². The summed E-state index contributed by atoms with van der Waals surface area (Å²) in [6.07, 6.45) is 17.6. The lowest BCUT2D eigenvalue weighted by Crippen LogP contribution is -2.58. The molecule has 0 unspecified atom stereocenters. The van der Waals surface area contributed by atoms with E-state index in [-0.39, 0.29) is 17.5 Å². The van der Waals surface area contributed by atoms with E-state index in [1.165, 1.54) is 69.8 Å². The molecule has 0 radical (unpaired) electrons. The van der Waals surface area contributed by atoms with Crippen molar-refractivity contribution in [3.05, 3.63) is 11.6 Å². The highest BCUT2D eigenvalue weighted by molar-refractivity contribution is 5.66. The lowest BCUT2D eigenvalue weighted by Gasteiger charge is -2.63. The lowest BCUT2D eigenvalue weighted by atomic mass is 9.41. The highest BCUT2D eigenvalue weighted by Crippen LogP contribution is 2.89. The van der Waals surface area contributed by atoms with Gasteiger partial charge in [0, 0.05) is 12.3 Å². The van der Waals surface area contributed by atoms with Crippen molar-refractivity contribution in [3.63, 3.8) is 0 Å². The SMILES string of the molecule is CC(=O)O[C@H]1CC[C@]23C[C@]24CC[C@]2(C)[C@@H]([C@@H](C)CCC=C(C)C)CC[C@]2(C)[C@H]4CC[C@@H]3C1(C)C. The Morgan fingerprint density at radius 2 is 1.56 bits per heavy atom. The fraction of sp³-hybridized carbons (Fsp3) is 0.906. The zero-order valence-electron chi connectivity index (χ0n) is 23.6. The predicted octanol–water partition coefficient (Wildman–Crippen LogP) is 8.74. The molecule has 5 aliphatic carbocycles. The number of esters is 1. The van der Waals surface area contributed by atoms with Gasteiger partial charge in [-0.3, -0.25) is 4.79 Å². The molecule has 5 rings (SSSR count). The van der Waals surface area contributed by atoms with E-state index in [9.17, 15) is 4.79 Å². The third kappa shape index (κ3) is 3.14. The molecule has 0 aromatic heterocycles. The van der Waals surface area contributed by atoms with E-state index in [1.54, 1.807) is 6.92 Å². The van der Waals surface area contributed by atoms with Gasteiger partial charge in [0.05, 0.1) is 0 Å². The number of allylic oxidation sites excluding steroid dienone is 2. The Hall–Kier alpha value is -0.790. The van der Waals surface area contributed by atoms with Crippen molar-refractivity contribution >= 4 is 5.97 Å². The van der Waals surface area contributed by atoms with Crippen molar-refractivity contribution in [1.29, 1.82) is 0 Å². The number of ether oxygens (including phenoxy) is 1. The third-order valence-corrected chi connectivity index (χ3v) is 13.3. The molecule has 2 heteroatoms. The van der Waals surface area contributed by atoms with Gasteiger partial charge in [-0.15, -0.1) is 0 Å². The van der Waals surface area contributed by atoms with Crippen LogP contribution in [0, 0.1) is 50.7 Å². The van der Waals surface area contributed by atoms with Gasteiger partial charge in [-0.2, -0.15) is 0 Å². The zero-order chi connectivity index (χ0) is 24.7. The maximum Gasteiger partial charge on any atom is 0.302 e. The quantitative estimate of drug-likeness (QED) is 0.298. The molecule has 5 fully saturated rings. The van der Waals surface area contributed by atoms with Gasteiger partial charge in [-0.25, -0.2) is 0 Å². The molecule has 0 aliphatic heterocycles. The van der Waals surface area contributed by atoms with E-state index >= 15 is 0 Å². The minimum Gasteiger partial charge on any atom is -0.462 e.